The van der Waals surface area contributed by atoms with Crippen LogP contribution in [0, 0.1) is 5.82 Å². The van der Waals surface area contributed by atoms with Crippen LogP contribution in [0.2, 0.25) is 0 Å². The first-order valence-electron chi connectivity index (χ1n) is 26.7. The highest BCUT2D eigenvalue weighted by molar-refractivity contribution is 6.27. The van der Waals surface area contributed by atoms with Crippen LogP contribution < -0.4 is 9.80 Å². The van der Waals surface area contributed by atoms with Crippen LogP contribution in [0.4, 0.5) is 38.6 Å². The van der Waals surface area contributed by atoms with Crippen molar-refractivity contribution in [3.05, 3.63) is 307 Å². The summed E-state index contributed by atoms with van der Waals surface area (Å²) in [4.78, 5) is 9.13. The molecule has 0 bridgehead atoms. The van der Waals surface area contributed by atoms with Gasteiger partial charge in [0.15, 0.2) is 0 Å². The zero-order valence-electron chi connectivity index (χ0n) is 42.3. The van der Waals surface area contributed by atoms with Crippen molar-refractivity contribution in [1.82, 2.24) is 4.98 Å². The van der Waals surface area contributed by atoms with Crippen LogP contribution in [-0.2, 0) is 5.41 Å². The molecule has 0 atom stereocenters. The number of para-hydroxylation sites is 2. The van der Waals surface area contributed by atoms with Crippen LogP contribution in [0.3, 0.4) is 0 Å². The topological polar surface area (TPSA) is 19.4 Å². The molecule has 1 heterocycles. The summed E-state index contributed by atoms with van der Waals surface area (Å²) in [5.74, 6) is 0.560. The fourth-order valence-electron chi connectivity index (χ4n) is 13.7. The third-order valence-corrected chi connectivity index (χ3v) is 16.7. The maximum atomic E-state index is 16.8. The number of nitrogens with zero attached hydrogens (tertiary/aromatic N) is 3. The van der Waals surface area contributed by atoms with E-state index in [-0.39, 0.29) is 5.82 Å². The third kappa shape index (κ3) is 6.23. The van der Waals surface area contributed by atoms with Gasteiger partial charge >= 0.3 is 0 Å². The van der Waals surface area contributed by atoms with Crippen LogP contribution in [0.15, 0.2) is 279 Å². The van der Waals surface area contributed by atoms with E-state index in [1.165, 1.54) is 82.9 Å². The van der Waals surface area contributed by atoms with E-state index in [1.807, 2.05) is 36.5 Å². The van der Waals surface area contributed by atoms with Gasteiger partial charge in [-0.05, 0) is 172 Å². The van der Waals surface area contributed by atoms with Gasteiger partial charge in [-0.15, -0.1) is 0 Å². The molecule has 3 nitrogen and oxygen atoms in total. The van der Waals surface area contributed by atoms with Crippen molar-refractivity contribution in [2.45, 2.75) is 5.41 Å². The van der Waals surface area contributed by atoms with Crippen molar-refractivity contribution in [3.8, 4) is 66.8 Å². The lowest BCUT2D eigenvalue weighted by Gasteiger charge is -2.32. The molecule has 78 heavy (non-hydrogen) atoms. The number of halogens is 1. The van der Waals surface area contributed by atoms with Gasteiger partial charge in [-0.2, -0.15) is 0 Å². The van der Waals surface area contributed by atoms with Crippen LogP contribution in [0.5, 0.6) is 0 Å². The number of pyridine rings is 1. The summed E-state index contributed by atoms with van der Waals surface area (Å²) in [7, 11) is 0. The van der Waals surface area contributed by atoms with Crippen molar-refractivity contribution in [2.24, 2.45) is 0 Å². The van der Waals surface area contributed by atoms with Gasteiger partial charge in [-0.1, -0.05) is 206 Å². The molecule has 3 aliphatic carbocycles. The predicted octanol–water partition coefficient (Wildman–Crippen LogP) is 19.8. The molecular formula is C74H46FN3. The van der Waals surface area contributed by atoms with Gasteiger partial charge in [-0.25, -0.2) is 9.37 Å². The minimum absolute atomic E-state index is 0.292. The van der Waals surface area contributed by atoms with Crippen LogP contribution in [0.1, 0.15) is 22.3 Å². The largest absolute Gasteiger partial charge is 0.307 e. The van der Waals surface area contributed by atoms with Gasteiger partial charge in [0.25, 0.3) is 0 Å². The molecule has 13 aromatic rings. The van der Waals surface area contributed by atoms with Gasteiger partial charge < -0.3 is 4.90 Å². The SMILES string of the molecule is Fc1ccccc1N(c1ccc(-c2c3c(c(-c4ccc(N(c5ccccc5)c5ccccn5)cc4)c4ccccc24)-c2cccc4cccc-3c24)cc1)c1cccc2c1-c1ccccc1C21c2ccccc2-c2ccccc21. The summed E-state index contributed by atoms with van der Waals surface area (Å²) in [6, 6.07) is 97.1. The standard InChI is InChI=1S/C74H46FN3/c75-64-34-12-13-35-65(64)78(66-36-18-33-63-71(66)57-27-8-11-32-62(57)74(63)60-30-9-6-23-53(60)54-24-7-10-31-61(54)74)52-44-40-49(41-45-52)70-56-26-5-4-25-55(56)69(72-58-28-16-19-47-20-17-29-59(68(47)58)73(70)72)48-38-42-51(43-39-48)77(50-21-2-1-3-22-50)67-37-14-15-46-76-67/h1-46H. The number of benzene rings is 12. The molecule has 1 spiro atoms. The van der Waals surface area contributed by atoms with E-state index in [2.05, 4.69) is 240 Å². The second-order valence-corrected chi connectivity index (χ2v) is 20.6. The Morgan fingerprint density at radius 3 is 1.37 bits per heavy atom. The lowest BCUT2D eigenvalue weighted by Crippen LogP contribution is -2.26. The van der Waals surface area contributed by atoms with E-state index in [9.17, 15) is 0 Å². The minimum atomic E-state index is -0.544. The van der Waals surface area contributed by atoms with Crippen molar-refractivity contribution in [1.29, 1.82) is 0 Å². The predicted molar refractivity (Wildman–Crippen MR) is 320 cm³/mol. The Hall–Kier alpha value is -10.2. The fourth-order valence-corrected chi connectivity index (χ4v) is 13.7. The van der Waals surface area contributed by atoms with E-state index in [0.717, 1.165) is 56.2 Å². The number of rotatable bonds is 8. The zero-order chi connectivity index (χ0) is 51.5. The molecule has 0 amide bonds. The van der Waals surface area contributed by atoms with Gasteiger partial charge in [0.2, 0.25) is 0 Å². The highest BCUT2D eigenvalue weighted by atomic mass is 19.1. The van der Waals surface area contributed by atoms with Crippen LogP contribution in [-0.4, -0.2) is 4.98 Å². The molecule has 0 unspecified atom stereocenters. The molecule has 0 aliphatic heterocycles. The first kappa shape index (κ1) is 44.2. The van der Waals surface area contributed by atoms with Crippen LogP contribution >= 0.6 is 0 Å². The molecule has 0 radical (unpaired) electrons. The van der Waals surface area contributed by atoms with Gasteiger partial charge in [0.1, 0.15) is 11.6 Å². The zero-order valence-corrected chi connectivity index (χ0v) is 42.3. The lowest BCUT2D eigenvalue weighted by molar-refractivity contribution is 0.629. The number of hydrogen-bond donors (Lipinski definition) is 0. The van der Waals surface area contributed by atoms with Gasteiger partial charge in [0, 0.05) is 28.8 Å². The highest BCUT2D eigenvalue weighted by Crippen LogP contribution is 2.65. The maximum Gasteiger partial charge on any atom is 0.147 e. The quantitative estimate of drug-likeness (QED) is 0.151. The number of fused-ring (bicyclic) bond motifs is 14. The summed E-state index contributed by atoms with van der Waals surface area (Å²) in [6.07, 6.45) is 1.85. The van der Waals surface area contributed by atoms with Crippen molar-refractivity contribution < 1.29 is 4.39 Å². The molecule has 1 aromatic heterocycles. The number of anilines is 6. The highest BCUT2D eigenvalue weighted by Gasteiger charge is 2.52. The Labute approximate surface area is 452 Å². The Morgan fingerprint density at radius 2 is 0.769 bits per heavy atom. The van der Waals surface area contributed by atoms with E-state index in [4.69, 9.17) is 4.98 Å². The third-order valence-electron chi connectivity index (χ3n) is 16.7. The molecule has 0 fully saturated rings. The van der Waals surface area contributed by atoms with E-state index in [0.29, 0.717) is 5.69 Å². The molecule has 0 saturated heterocycles. The van der Waals surface area contributed by atoms with Crippen molar-refractivity contribution >= 4 is 55.8 Å². The average molecular weight is 996 g/mol. The summed E-state index contributed by atoms with van der Waals surface area (Å²) in [6.45, 7) is 0. The second-order valence-electron chi connectivity index (χ2n) is 20.6. The smallest absolute Gasteiger partial charge is 0.147 e. The van der Waals surface area contributed by atoms with Crippen molar-refractivity contribution in [2.75, 3.05) is 9.80 Å². The first-order chi connectivity index (χ1) is 38.7. The molecule has 12 aromatic carbocycles. The average Bonchev–Trinajstić information content (AvgIpc) is 2.65. The number of aromatic nitrogens is 1. The Morgan fingerprint density at radius 1 is 0.308 bits per heavy atom. The molecule has 0 N–H and O–H groups in total. The first-order valence-corrected chi connectivity index (χ1v) is 26.7. The second kappa shape index (κ2) is 17.2. The maximum absolute atomic E-state index is 16.8. The Kier molecular flexibility index (Phi) is 9.73. The molecule has 0 saturated carbocycles. The van der Waals surface area contributed by atoms with Crippen LogP contribution in [0.25, 0.3) is 88.3 Å². The summed E-state index contributed by atoms with van der Waals surface area (Å²) < 4.78 is 16.8. The normalized spacial score (nSPS) is 12.8. The van der Waals surface area contributed by atoms with E-state index < -0.39 is 5.41 Å². The molecule has 364 valence electrons. The molecule has 16 rings (SSSR count). The fraction of sp³-hybridized carbons (Fsp3) is 0.0135. The monoisotopic (exact) mass is 995 g/mol. The Balaban J connectivity index is 0.889. The summed E-state index contributed by atoms with van der Waals surface area (Å²) in [5.41, 5.74) is 23.0. The summed E-state index contributed by atoms with van der Waals surface area (Å²) in [5, 5.41) is 4.82. The molecule has 4 heteroatoms. The van der Waals surface area contributed by atoms with E-state index >= 15 is 4.39 Å². The van der Waals surface area contributed by atoms with Crippen molar-refractivity contribution in [3.63, 3.8) is 0 Å². The van der Waals surface area contributed by atoms with E-state index in [1.54, 1.807) is 12.1 Å². The minimum Gasteiger partial charge on any atom is -0.307 e. The molecule has 3 aliphatic rings. The molecular weight excluding hydrogens is 950 g/mol. The lowest BCUT2D eigenvalue weighted by atomic mass is 9.70. The number of hydrogen-bond acceptors (Lipinski definition) is 3. The summed E-state index contributed by atoms with van der Waals surface area (Å²) >= 11 is 0. The van der Waals surface area contributed by atoms with Gasteiger partial charge in [-0.3, -0.25) is 4.90 Å². The van der Waals surface area contributed by atoms with Gasteiger partial charge in [0.05, 0.1) is 16.8 Å². The Bertz CT molecular complexity index is 4480.